The molecule has 23 heavy (non-hydrogen) atoms. The molecule has 0 unspecified atom stereocenters. The van der Waals surface area contributed by atoms with Crippen molar-refractivity contribution in [2.24, 2.45) is 5.73 Å². The topological polar surface area (TPSA) is 122 Å². The number of unbranched alkanes of at least 4 members (excludes halogenated alkanes) is 2. The number of nitrogens with one attached hydrogen (secondary N) is 2. The molecule has 1 rings (SSSR count). The van der Waals surface area contributed by atoms with Crippen molar-refractivity contribution in [2.75, 3.05) is 6.54 Å². The molecule has 0 aliphatic carbocycles. The van der Waals surface area contributed by atoms with Crippen molar-refractivity contribution in [2.45, 2.75) is 25.7 Å². The Morgan fingerprint density at radius 3 is 2.39 bits per heavy atom. The van der Waals surface area contributed by atoms with Crippen LogP contribution in [0.25, 0.3) is 6.08 Å². The summed E-state index contributed by atoms with van der Waals surface area (Å²) in [6, 6.07) is 6.61. The lowest BCUT2D eigenvalue weighted by molar-refractivity contribution is -0.129. The second-order valence-corrected chi connectivity index (χ2v) is 4.96. The Balaban J connectivity index is 2.23. The van der Waals surface area contributed by atoms with Crippen LogP contribution >= 0.6 is 0 Å². The average molecular weight is 319 g/mol. The number of hydrogen-bond donors (Lipinski definition) is 4. The second-order valence-electron chi connectivity index (χ2n) is 4.96. The minimum Gasteiger partial charge on any atom is -0.366 e. The van der Waals surface area contributed by atoms with Gasteiger partial charge in [0, 0.05) is 24.6 Å². The summed E-state index contributed by atoms with van der Waals surface area (Å²) in [7, 11) is 0. The van der Waals surface area contributed by atoms with Gasteiger partial charge in [-0.05, 0) is 36.6 Å². The van der Waals surface area contributed by atoms with Gasteiger partial charge in [0.15, 0.2) is 0 Å². The molecule has 0 spiro atoms. The molecule has 0 heterocycles. The van der Waals surface area contributed by atoms with Crippen LogP contribution in [-0.4, -0.2) is 29.5 Å². The van der Waals surface area contributed by atoms with Gasteiger partial charge in [0.05, 0.1) is 0 Å². The monoisotopic (exact) mass is 319 g/mol. The normalized spacial score (nSPS) is 10.5. The van der Waals surface area contributed by atoms with Crippen LogP contribution in [0.2, 0.25) is 0 Å². The van der Waals surface area contributed by atoms with Gasteiger partial charge in [-0.15, -0.1) is 0 Å². The van der Waals surface area contributed by atoms with Crippen LogP contribution in [0.4, 0.5) is 0 Å². The van der Waals surface area contributed by atoms with Crippen LogP contribution in [0, 0.1) is 0 Å². The standard InChI is InChI=1S/C16H21N3O4/c17-16(22)13-8-5-12(6-9-13)7-10-14(20)18-11-3-1-2-4-15(21)19-23/h5-10,23H,1-4,11H2,(H2,17,22)(H,18,20)(H,19,21)/b10-7+. The van der Waals surface area contributed by atoms with Gasteiger partial charge in [-0.2, -0.15) is 0 Å². The molecule has 0 fully saturated rings. The highest BCUT2D eigenvalue weighted by Gasteiger charge is 2.00. The zero-order valence-electron chi connectivity index (χ0n) is 12.7. The van der Waals surface area contributed by atoms with Crippen molar-refractivity contribution >= 4 is 23.8 Å². The molecule has 0 aromatic heterocycles. The van der Waals surface area contributed by atoms with Gasteiger partial charge in [0.1, 0.15) is 0 Å². The molecule has 124 valence electrons. The van der Waals surface area contributed by atoms with Gasteiger partial charge in [-0.3, -0.25) is 19.6 Å². The molecule has 0 atom stereocenters. The van der Waals surface area contributed by atoms with Crippen LogP contribution in [0.1, 0.15) is 41.6 Å². The van der Waals surface area contributed by atoms with E-state index in [1.165, 1.54) is 6.08 Å². The van der Waals surface area contributed by atoms with Gasteiger partial charge in [0.2, 0.25) is 17.7 Å². The number of hydrogen-bond acceptors (Lipinski definition) is 4. The molecule has 1 aromatic carbocycles. The van der Waals surface area contributed by atoms with E-state index in [1.807, 2.05) is 0 Å². The van der Waals surface area contributed by atoms with Crippen LogP contribution in [0.5, 0.6) is 0 Å². The third-order valence-electron chi connectivity index (χ3n) is 3.13. The van der Waals surface area contributed by atoms with Gasteiger partial charge in [-0.1, -0.05) is 18.6 Å². The largest absolute Gasteiger partial charge is 0.366 e. The second kappa shape index (κ2) is 10.1. The Kier molecular flexibility index (Phi) is 8.09. The van der Waals surface area contributed by atoms with E-state index in [2.05, 4.69) is 5.32 Å². The van der Waals surface area contributed by atoms with Gasteiger partial charge < -0.3 is 11.1 Å². The van der Waals surface area contributed by atoms with E-state index < -0.39 is 11.8 Å². The average Bonchev–Trinajstić information content (AvgIpc) is 2.56. The van der Waals surface area contributed by atoms with E-state index >= 15 is 0 Å². The number of carbonyl (C=O) groups excluding carboxylic acids is 3. The number of carbonyl (C=O) groups is 3. The molecule has 0 aliphatic rings. The molecule has 1 aromatic rings. The van der Waals surface area contributed by atoms with Crippen LogP contribution in [-0.2, 0) is 9.59 Å². The fourth-order valence-electron chi connectivity index (χ4n) is 1.84. The van der Waals surface area contributed by atoms with Crippen LogP contribution in [0.15, 0.2) is 30.3 Å². The summed E-state index contributed by atoms with van der Waals surface area (Å²) in [6.07, 6.45) is 5.53. The minimum atomic E-state index is -0.491. The smallest absolute Gasteiger partial charge is 0.248 e. The van der Waals surface area contributed by atoms with Crippen molar-refractivity contribution in [3.63, 3.8) is 0 Å². The van der Waals surface area contributed by atoms with E-state index in [9.17, 15) is 14.4 Å². The van der Waals surface area contributed by atoms with Crippen LogP contribution < -0.4 is 16.5 Å². The van der Waals surface area contributed by atoms with Crippen molar-refractivity contribution in [1.29, 1.82) is 0 Å². The highest BCUT2D eigenvalue weighted by atomic mass is 16.5. The molecule has 0 bridgehead atoms. The first kappa shape index (κ1) is 18.4. The molecule has 3 amide bonds. The Bertz CT molecular complexity index is 567. The van der Waals surface area contributed by atoms with E-state index in [1.54, 1.807) is 35.8 Å². The molecule has 0 saturated heterocycles. The number of rotatable bonds is 9. The Morgan fingerprint density at radius 1 is 1.09 bits per heavy atom. The van der Waals surface area contributed by atoms with Crippen LogP contribution in [0.3, 0.4) is 0 Å². The van der Waals surface area contributed by atoms with E-state index in [0.717, 1.165) is 18.4 Å². The third kappa shape index (κ3) is 7.77. The lowest BCUT2D eigenvalue weighted by Gasteiger charge is -2.02. The summed E-state index contributed by atoms with van der Waals surface area (Å²) in [4.78, 5) is 33.3. The van der Waals surface area contributed by atoms with Gasteiger partial charge in [-0.25, -0.2) is 5.48 Å². The first-order valence-corrected chi connectivity index (χ1v) is 7.31. The summed E-state index contributed by atoms with van der Waals surface area (Å²) < 4.78 is 0. The summed E-state index contributed by atoms with van der Waals surface area (Å²) in [5, 5.41) is 11.1. The number of primary amides is 1. The van der Waals surface area contributed by atoms with Crippen molar-refractivity contribution in [3.05, 3.63) is 41.5 Å². The van der Waals surface area contributed by atoms with Crippen molar-refractivity contribution < 1.29 is 19.6 Å². The number of hydroxylamine groups is 1. The maximum Gasteiger partial charge on any atom is 0.248 e. The Labute approximate surface area is 134 Å². The van der Waals surface area contributed by atoms with E-state index in [4.69, 9.17) is 10.9 Å². The molecular formula is C16H21N3O4. The maximum absolute atomic E-state index is 11.6. The quantitative estimate of drug-likeness (QED) is 0.234. The number of amides is 3. The molecule has 0 aliphatic heterocycles. The highest BCUT2D eigenvalue weighted by Crippen LogP contribution is 2.05. The zero-order chi connectivity index (χ0) is 17.1. The lowest BCUT2D eigenvalue weighted by Crippen LogP contribution is -2.22. The Hall–Kier alpha value is -2.67. The fraction of sp³-hybridized carbons (Fsp3) is 0.312. The molecule has 7 heteroatoms. The minimum absolute atomic E-state index is 0.211. The Morgan fingerprint density at radius 2 is 1.78 bits per heavy atom. The lowest BCUT2D eigenvalue weighted by atomic mass is 10.1. The molecule has 0 saturated carbocycles. The SMILES string of the molecule is NC(=O)c1ccc(/C=C/C(=O)NCCCCCC(=O)NO)cc1. The highest BCUT2D eigenvalue weighted by molar-refractivity contribution is 5.94. The summed E-state index contributed by atoms with van der Waals surface area (Å²) in [6.45, 7) is 0.518. The summed E-state index contributed by atoms with van der Waals surface area (Å²) in [5.41, 5.74) is 7.93. The van der Waals surface area contributed by atoms with Crippen molar-refractivity contribution in [1.82, 2.24) is 10.8 Å². The third-order valence-corrected chi connectivity index (χ3v) is 3.13. The first-order valence-electron chi connectivity index (χ1n) is 7.31. The van der Waals surface area contributed by atoms with Gasteiger partial charge >= 0.3 is 0 Å². The predicted octanol–water partition coefficient (Wildman–Crippen LogP) is 0.981. The first-order chi connectivity index (χ1) is 11.0. The molecule has 5 N–H and O–H groups in total. The number of benzene rings is 1. The molecule has 0 radical (unpaired) electrons. The zero-order valence-corrected chi connectivity index (χ0v) is 12.7. The fourth-order valence-corrected chi connectivity index (χ4v) is 1.84. The molecule has 7 nitrogen and oxygen atoms in total. The molecular weight excluding hydrogens is 298 g/mol. The predicted molar refractivity (Wildman–Crippen MR) is 85.4 cm³/mol. The van der Waals surface area contributed by atoms with Gasteiger partial charge in [0.25, 0.3) is 0 Å². The maximum atomic E-state index is 11.6. The summed E-state index contributed by atoms with van der Waals surface area (Å²) >= 11 is 0. The van der Waals surface area contributed by atoms with Crippen molar-refractivity contribution in [3.8, 4) is 0 Å². The van der Waals surface area contributed by atoms with E-state index in [0.29, 0.717) is 18.5 Å². The summed E-state index contributed by atoms with van der Waals surface area (Å²) in [5.74, 6) is -1.11. The number of nitrogens with two attached hydrogens (primary N) is 1. The van der Waals surface area contributed by atoms with E-state index in [-0.39, 0.29) is 12.3 Å².